The molecule has 1 aromatic carbocycles. The number of halogens is 1. The van der Waals surface area contributed by atoms with Crippen molar-refractivity contribution >= 4 is 15.9 Å². The van der Waals surface area contributed by atoms with Crippen LogP contribution in [0.4, 0.5) is 0 Å². The fourth-order valence-corrected chi connectivity index (χ4v) is 1.93. The van der Waals surface area contributed by atoms with E-state index in [0.29, 0.717) is 0 Å². The average molecular weight is 294 g/mol. The standard InChI is InChI=1S/C13H16BrN3/c1-2-15-9-13-7-8-16-17(13)10-11-3-5-12(14)6-4-11/h3-8,15H,2,9-10H2,1H3. The Labute approximate surface area is 110 Å². The quantitative estimate of drug-likeness (QED) is 0.919. The van der Waals surface area contributed by atoms with Gasteiger partial charge in [-0.25, -0.2) is 0 Å². The van der Waals surface area contributed by atoms with Crippen LogP contribution in [-0.4, -0.2) is 16.3 Å². The summed E-state index contributed by atoms with van der Waals surface area (Å²) in [5.41, 5.74) is 2.48. The second-order valence-corrected chi connectivity index (χ2v) is 4.80. The Hall–Kier alpha value is -1.13. The molecule has 0 bridgehead atoms. The Morgan fingerprint density at radius 2 is 2.00 bits per heavy atom. The minimum atomic E-state index is 0.820. The van der Waals surface area contributed by atoms with Gasteiger partial charge in [0.15, 0.2) is 0 Å². The highest BCUT2D eigenvalue weighted by atomic mass is 79.9. The third-order valence-corrected chi connectivity index (χ3v) is 3.13. The minimum Gasteiger partial charge on any atom is -0.311 e. The normalized spacial score (nSPS) is 10.7. The van der Waals surface area contributed by atoms with Crippen LogP contribution in [0.25, 0.3) is 0 Å². The lowest BCUT2D eigenvalue weighted by molar-refractivity contribution is 0.606. The van der Waals surface area contributed by atoms with E-state index in [4.69, 9.17) is 0 Å². The van der Waals surface area contributed by atoms with Gasteiger partial charge in [0.1, 0.15) is 0 Å². The molecule has 90 valence electrons. The zero-order valence-corrected chi connectivity index (χ0v) is 11.4. The van der Waals surface area contributed by atoms with E-state index in [0.717, 1.165) is 24.1 Å². The topological polar surface area (TPSA) is 29.9 Å². The summed E-state index contributed by atoms with van der Waals surface area (Å²) in [6.45, 7) is 4.77. The number of hydrogen-bond donors (Lipinski definition) is 1. The van der Waals surface area contributed by atoms with Gasteiger partial charge in [-0.3, -0.25) is 4.68 Å². The molecule has 0 saturated carbocycles. The Kier molecular flexibility index (Phi) is 4.34. The van der Waals surface area contributed by atoms with Gasteiger partial charge in [-0.15, -0.1) is 0 Å². The van der Waals surface area contributed by atoms with Crippen molar-refractivity contribution in [2.45, 2.75) is 20.0 Å². The van der Waals surface area contributed by atoms with E-state index in [1.54, 1.807) is 0 Å². The molecule has 0 saturated heterocycles. The number of nitrogens with one attached hydrogen (secondary N) is 1. The average Bonchev–Trinajstić information content (AvgIpc) is 2.77. The molecule has 0 fully saturated rings. The first-order valence-electron chi connectivity index (χ1n) is 5.75. The fraction of sp³-hybridized carbons (Fsp3) is 0.308. The molecule has 0 unspecified atom stereocenters. The first-order valence-corrected chi connectivity index (χ1v) is 6.54. The van der Waals surface area contributed by atoms with Crippen molar-refractivity contribution in [3.63, 3.8) is 0 Å². The van der Waals surface area contributed by atoms with Crippen molar-refractivity contribution in [1.82, 2.24) is 15.1 Å². The van der Waals surface area contributed by atoms with Gasteiger partial charge in [0.25, 0.3) is 0 Å². The Morgan fingerprint density at radius 1 is 1.24 bits per heavy atom. The molecule has 0 aliphatic heterocycles. The van der Waals surface area contributed by atoms with Gasteiger partial charge in [0, 0.05) is 17.2 Å². The van der Waals surface area contributed by atoms with Gasteiger partial charge in [-0.05, 0) is 30.3 Å². The van der Waals surface area contributed by atoms with Gasteiger partial charge in [0.05, 0.1) is 12.2 Å². The molecule has 0 radical (unpaired) electrons. The number of hydrogen-bond acceptors (Lipinski definition) is 2. The number of rotatable bonds is 5. The number of benzene rings is 1. The smallest absolute Gasteiger partial charge is 0.0663 e. The highest BCUT2D eigenvalue weighted by molar-refractivity contribution is 9.10. The highest BCUT2D eigenvalue weighted by Gasteiger charge is 2.02. The third-order valence-electron chi connectivity index (χ3n) is 2.61. The van der Waals surface area contributed by atoms with Gasteiger partial charge in [-0.1, -0.05) is 35.0 Å². The lowest BCUT2D eigenvalue weighted by atomic mass is 10.2. The van der Waals surface area contributed by atoms with Crippen LogP contribution in [0.5, 0.6) is 0 Å². The van der Waals surface area contributed by atoms with E-state index in [1.165, 1.54) is 11.3 Å². The van der Waals surface area contributed by atoms with Crippen LogP contribution in [0.2, 0.25) is 0 Å². The van der Waals surface area contributed by atoms with E-state index in [1.807, 2.05) is 10.9 Å². The fourth-order valence-electron chi connectivity index (χ4n) is 1.67. The van der Waals surface area contributed by atoms with E-state index < -0.39 is 0 Å². The van der Waals surface area contributed by atoms with Gasteiger partial charge in [-0.2, -0.15) is 5.10 Å². The molecule has 0 spiro atoms. The second kappa shape index (κ2) is 5.98. The van der Waals surface area contributed by atoms with Crippen LogP contribution in [-0.2, 0) is 13.1 Å². The third kappa shape index (κ3) is 3.41. The Bertz CT molecular complexity index is 462. The van der Waals surface area contributed by atoms with Crippen LogP contribution in [0.1, 0.15) is 18.2 Å². The van der Waals surface area contributed by atoms with E-state index in [2.05, 4.69) is 63.6 Å². The SMILES string of the molecule is CCNCc1ccnn1Cc1ccc(Br)cc1. The molecule has 0 aliphatic carbocycles. The molecule has 1 N–H and O–H groups in total. The van der Waals surface area contributed by atoms with Crippen LogP contribution in [0, 0.1) is 0 Å². The number of aromatic nitrogens is 2. The zero-order chi connectivity index (χ0) is 12.1. The molecule has 0 aliphatic rings. The van der Waals surface area contributed by atoms with Gasteiger partial charge >= 0.3 is 0 Å². The lowest BCUT2D eigenvalue weighted by Gasteiger charge is -2.08. The summed E-state index contributed by atoms with van der Waals surface area (Å²) >= 11 is 3.44. The molecule has 17 heavy (non-hydrogen) atoms. The molecule has 3 nitrogen and oxygen atoms in total. The predicted molar refractivity (Wildman–Crippen MR) is 72.9 cm³/mol. The van der Waals surface area contributed by atoms with E-state index in [9.17, 15) is 0 Å². The molecule has 0 atom stereocenters. The summed E-state index contributed by atoms with van der Waals surface area (Å²) in [5.74, 6) is 0. The first kappa shape index (κ1) is 12.3. The van der Waals surface area contributed by atoms with Crippen molar-refractivity contribution in [1.29, 1.82) is 0 Å². The highest BCUT2D eigenvalue weighted by Crippen LogP contribution is 2.12. The van der Waals surface area contributed by atoms with Gasteiger partial charge < -0.3 is 5.32 Å². The first-order chi connectivity index (χ1) is 8.29. The maximum absolute atomic E-state index is 4.35. The lowest BCUT2D eigenvalue weighted by Crippen LogP contribution is -2.16. The molecular formula is C13H16BrN3. The summed E-state index contributed by atoms with van der Waals surface area (Å²) in [5, 5.41) is 7.67. The summed E-state index contributed by atoms with van der Waals surface area (Å²) in [6.07, 6.45) is 1.85. The van der Waals surface area contributed by atoms with Crippen LogP contribution >= 0.6 is 15.9 Å². The molecule has 4 heteroatoms. The molecule has 2 aromatic rings. The van der Waals surface area contributed by atoms with Crippen molar-refractivity contribution in [2.24, 2.45) is 0 Å². The van der Waals surface area contributed by atoms with Crippen molar-refractivity contribution in [3.8, 4) is 0 Å². The maximum Gasteiger partial charge on any atom is 0.0663 e. The Balaban J connectivity index is 2.07. The second-order valence-electron chi connectivity index (χ2n) is 3.89. The van der Waals surface area contributed by atoms with Crippen LogP contribution in [0.15, 0.2) is 41.0 Å². The summed E-state index contributed by atoms with van der Waals surface area (Å²) in [4.78, 5) is 0. The van der Waals surface area contributed by atoms with Gasteiger partial charge in [0.2, 0.25) is 0 Å². The monoisotopic (exact) mass is 293 g/mol. The summed E-state index contributed by atoms with van der Waals surface area (Å²) in [6, 6.07) is 10.4. The van der Waals surface area contributed by atoms with Crippen LogP contribution < -0.4 is 5.32 Å². The predicted octanol–water partition coefficient (Wildman–Crippen LogP) is 2.80. The minimum absolute atomic E-state index is 0.820. The molecule has 2 rings (SSSR count). The summed E-state index contributed by atoms with van der Waals surface area (Å²) in [7, 11) is 0. The Morgan fingerprint density at radius 3 is 2.71 bits per heavy atom. The van der Waals surface area contributed by atoms with Crippen LogP contribution in [0.3, 0.4) is 0 Å². The molecular weight excluding hydrogens is 278 g/mol. The van der Waals surface area contributed by atoms with Crippen molar-refractivity contribution in [3.05, 3.63) is 52.3 Å². The molecule has 1 heterocycles. The molecule has 0 amide bonds. The molecule has 1 aromatic heterocycles. The largest absolute Gasteiger partial charge is 0.311 e. The van der Waals surface area contributed by atoms with E-state index >= 15 is 0 Å². The van der Waals surface area contributed by atoms with Crippen molar-refractivity contribution < 1.29 is 0 Å². The number of nitrogens with zero attached hydrogens (tertiary/aromatic N) is 2. The maximum atomic E-state index is 4.35. The summed E-state index contributed by atoms with van der Waals surface area (Å²) < 4.78 is 3.14. The van der Waals surface area contributed by atoms with E-state index in [-0.39, 0.29) is 0 Å². The van der Waals surface area contributed by atoms with Crippen molar-refractivity contribution in [2.75, 3.05) is 6.54 Å². The zero-order valence-electron chi connectivity index (χ0n) is 9.86.